The summed E-state index contributed by atoms with van der Waals surface area (Å²) in [7, 11) is 0. The van der Waals surface area contributed by atoms with Crippen LogP contribution in [0.5, 0.6) is 0 Å². The standard InChI is InChI=1S/C12H18N4O/c1-2-9-13-11(16-15-9)12(17)14-10(7-3-4-7)8-5-6-8/h7-8,10H,2-6H2,1H3,(H,14,17)(H,13,15,16). The first-order valence-corrected chi connectivity index (χ1v) is 6.50. The topological polar surface area (TPSA) is 70.7 Å². The van der Waals surface area contributed by atoms with Gasteiger partial charge in [-0.2, -0.15) is 0 Å². The first-order valence-electron chi connectivity index (χ1n) is 6.50. The molecule has 17 heavy (non-hydrogen) atoms. The number of nitrogens with one attached hydrogen (secondary N) is 2. The number of aromatic nitrogens is 3. The third-order valence-electron chi connectivity index (χ3n) is 3.63. The molecule has 1 aromatic rings. The summed E-state index contributed by atoms with van der Waals surface area (Å²) in [5.74, 6) is 2.34. The minimum atomic E-state index is -0.121. The number of rotatable bonds is 5. The predicted molar refractivity (Wildman–Crippen MR) is 62.5 cm³/mol. The van der Waals surface area contributed by atoms with Gasteiger partial charge in [-0.25, -0.2) is 4.98 Å². The van der Waals surface area contributed by atoms with E-state index in [1.165, 1.54) is 25.7 Å². The largest absolute Gasteiger partial charge is 0.346 e. The Bertz CT molecular complexity index is 408. The van der Waals surface area contributed by atoms with Crippen molar-refractivity contribution in [1.29, 1.82) is 0 Å². The van der Waals surface area contributed by atoms with Crippen LogP contribution in [0.2, 0.25) is 0 Å². The molecule has 0 saturated heterocycles. The summed E-state index contributed by atoms with van der Waals surface area (Å²) in [5.41, 5.74) is 0. The molecule has 2 N–H and O–H groups in total. The summed E-state index contributed by atoms with van der Waals surface area (Å²) < 4.78 is 0. The van der Waals surface area contributed by atoms with E-state index in [9.17, 15) is 4.79 Å². The highest BCUT2D eigenvalue weighted by molar-refractivity contribution is 5.90. The Morgan fingerprint density at radius 3 is 2.53 bits per heavy atom. The van der Waals surface area contributed by atoms with Gasteiger partial charge in [0.15, 0.2) is 0 Å². The molecule has 2 fully saturated rings. The Morgan fingerprint density at radius 2 is 2.06 bits per heavy atom. The minimum absolute atomic E-state index is 0.121. The van der Waals surface area contributed by atoms with E-state index >= 15 is 0 Å². The third kappa shape index (κ3) is 2.33. The van der Waals surface area contributed by atoms with Gasteiger partial charge >= 0.3 is 0 Å². The summed E-state index contributed by atoms with van der Waals surface area (Å²) in [6, 6.07) is 0.367. The number of amides is 1. The Labute approximate surface area is 100 Å². The Hall–Kier alpha value is -1.39. The quantitative estimate of drug-likeness (QED) is 0.806. The van der Waals surface area contributed by atoms with E-state index in [4.69, 9.17) is 0 Å². The van der Waals surface area contributed by atoms with Gasteiger partial charge in [0, 0.05) is 12.5 Å². The van der Waals surface area contributed by atoms with Crippen molar-refractivity contribution in [3.05, 3.63) is 11.6 Å². The number of aryl methyl sites for hydroxylation is 1. The molecule has 2 saturated carbocycles. The molecule has 2 aliphatic carbocycles. The molecular formula is C12H18N4O. The number of carbonyl (C=O) groups is 1. The van der Waals surface area contributed by atoms with Gasteiger partial charge in [-0.15, -0.1) is 5.10 Å². The second kappa shape index (κ2) is 4.13. The van der Waals surface area contributed by atoms with Gasteiger partial charge < -0.3 is 5.32 Å². The molecule has 0 radical (unpaired) electrons. The van der Waals surface area contributed by atoms with Crippen molar-refractivity contribution in [3.8, 4) is 0 Å². The van der Waals surface area contributed by atoms with Gasteiger partial charge in [-0.3, -0.25) is 9.89 Å². The van der Waals surface area contributed by atoms with E-state index < -0.39 is 0 Å². The molecule has 0 aromatic carbocycles. The second-order valence-electron chi connectivity index (χ2n) is 5.13. The van der Waals surface area contributed by atoms with Gasteiger partial charge in [-0.1, -0.05) is 6.92 Å². The lowest BCUT2D eigenvalue weighted by Gasteiger charge is -2.16. The summed E-state index contributed by atoms with van der Waals surface area (Å²) in [5, 5.41) is 9.84. The van der Waals surface area contributed by atoms with Crippen LogP contribution in [0.4, 0.5) is 0 Å². The van der Waals surface area contributed by atoms with Crippen LogP contribution in [0.15, 0.2) is 0 Å². The lowest BCUT2D eigenvalue weighted by atomic mass is 10.1. The molecule has 0 bridgehead atoms. The molecule has 0 atom stereocenters. The highest BCUT2D eigenvalue weighted by atomic mass is 16.2. The molecule has 0 unspecified atom stereocenters. The maximum Gasteiger partial charge on any atom is 0.291 e. The zero-order valence-electron chi connectivity index (χ0n) is 10.1. The van der Waals surface area contributed by atoms with Crippen LogP contribution in [0, 0.1) is 11.8 Å². The fourth-order valence-electron chi connectivity index (χ4n) is 2.30. The van der Waals surface area contributed by atoms with E-state index in [1.807, 2.05) is 6.92 Å². The maximum atomic E-state index is 12.0. The molecule has 0 spiro atoms. The van der Waals surface area contributed by atoms with Gasteiger partial charge in [0.05, 0.1) is 0 Å². The molecule has 1 heterocycles. The van der Waals surface area contributed by atoms with Gasteiger partial charge in [0.1, 0.15) is 5.82 Å². The molecule has 92 valence electrons. The van der Waals surface area contributed by atoms with Crippen molar-refractivity contribution in [2.45, 2.75) is 45.1 Å². The van der Waals surface area contributed by atoms with Crippen molar-refractivity contribution >= 4 is 5.91 Å². The van der Waals surface area contributed by atoms with Crippen LogP contribution in [0.25, 0.3) is 0 Å². The SMILES string of the molecule is CCc1nc(C(=O)NC(C2CC2)C2CC2)n[nH]1. The van der Waals surface area contributed by atoms with Crippen LogP contribution >= 0.6 is 0 Å². The van der Waals surface area contributed by atoms with Crippen LogP contribution in [-0.2, 0) is 6.42 Å². The monoisotopic (exact) mass is 234 g/mol. The third-order valence-corrected chi connectivity index (χ3v) is 3.63. The van der Waals surface area contributed by atoms with Crippen LogP contribution in [-0.4, -0.2) is 27.1 Å². The molecule has 2 aliphatic rings. The summed E-state index contributed by atoms with van der Waals surface area (Å²) in [6.45, 7) is 1.99. The van der Waals surface area contributed by atoms with E-state index in [0.29, 0.717) is 17.9 Å². The Kier molecular flexibility index (Phi) is 2.61. The minimum Gasteiger partial charge on any atom is -0.346 e. The van der Waals surface area contributed by atoms with Crippen molar-refractivity contribution in [2.75, 3.05) is 0 Å². The fourth-order valence-corrected chi connectivity index (χ4v) is 2.30. The molecule has 3 rings (SSSR count). The van der Waals surface area contributed by atoms with E-state index in [2.05, 4.69) is 20.5 Å². The van der Waals surface area contributed by atoms with Crippen molar-refractivity contribution in [3.63, 3.8) is 0 Å². The van der Waals surface area contributed by atoms with E-state index in [0.717, 1.165) is 12.2 Å². The highest BCUT2D eigenvalue weighted by Crippen LogP contribution is 2.44. The number of nitrogens with zero attached hydrogens (tertiary/aromatic N) is 2. The highest BCUT2D eigenvalue weighted by Gasteiger charge is 2.42. The Morgan fingerprint density at radius 1 is 1.41 bits per heavy atom. The normalized spacial score (nSPS) is 19.6. The summed E-state index contributed by atoms with van der Waals surface area (Å²) in [6.07, 6.45) is 5.81. The molecule has 0 aliphatic heterocycles. The van der Waals surface area contributed by atoms with Gasteiger partial charge in [0.2, 0.25) is 5.82 Å². The van der Waals surface area contributed by atoms with Crippen molar-refractivity contribution < 1.29 is 4.79 Å². The number of H-pyrrole nitrogens is 1. The second-order valence-corrected chi connectivity index (χ2v) is 5.13. The van der Waals surface area contributed by atoms with Crippen molar-refractivity contribution in [1.82, 2.24) is 20.5 Å². The molecule has 5 nitrogen and oxygen atoms in total. The van der Waals surface area contributed by atoms with E-state index in [1.54, 1.807) is 0 Å². The van der Waals surface area contributed by atoms with Gasteiger partial charge in [-0.05, 0) is 37.5 Å². The maximum absolute atomic E-state index is 12.0. The smallest absolute Gasteiger partial charge is 0.291 e. The first kappa shape index (κ1) is 10.7. The predicted octanol–water partition coefficient (Wildman–Crippen LogP) is 1.29. The summed E-state index contributed by atoms with van der Waals surface area (Å²) in [4.78, 5) is 16.2. The van der Waals surface area contributed by atoms with Crippen LogP contribution in [0.1, 0.15) is 49.1 Å². The number of hydrogen-bond donors (Lipinski definition) is 2. The van der Waals surface area contributed by atoms with Gasteiger partial charge in [0.25, 0.3) is 5.91 Å². The lowest BCUT2D eigenvalue weighted by Crippen LogP contribution is -2.38. The van der Waals surface area contributed by atoms with Crippen molar-refractivity contribution in [2.24, 2.45) is 11.8 Å². The average Bonchev–Trinajstić information content (AvgIpc) is 3.24. The Balaban J connectivity index is 1.64. The fraction of sp³-hybridized carbons (Fsp3) is 0.750. The van der Waals surface area contributed by atoms with Crippen LogP contribution in [0.3, 0.4) is 0 Å². The molecule has 5 heteroatoms. The lowest BCUT2D eigenvalue weighted by molar-refractivity contribution is 0.0916. The summed E-state index contributed by atoms with van der Waals surface area (Å²) >= 11 is 0. The number of aromatic amines is 1. The molecule has 1 amide bonds. The molecule has 1 aromatic heterocycles. The van der Waals surface area contributed by atoms with Crippen LogP contribution < -0.4 is 5.32 Å². The number of carbonyl (C=O) groups excluding carboxylic acids is 1. The zero-order valence-corrected chi connectivity index (χ0v) is 10.1. The first-order chi connectivity index (χ1) is 8.28. The zero-order chi connectivity index (χ0) is 11.8. The number of hydrogen-bond acceptors (Lipinski definition) is 3. The average molecular weight is 234 g/mol. The van der Waals surface area contributed by atoms with E-state index in [-0.39, 0.29) is 11.7 Å². The molecular weight excluding hydrogens is 216 g/mol.